The highest BCUT2D eigenvalue weighted by atomic mass is 19.3. The van der Waals surface area contributed by atoms with E-state index in [1.165, 1.54) is 0 Å². The van der Waals surface area contributed by atoms with Crippen LogP contribution in [0.3, 0.4) is 0 Å². The topological polar surface area (TPSA) is 66.4 Å². The van der Waals surface area contributed by atoms with Gasteiger partial charge in [-0.3, -0.25) is 9.59 Å². The number of nitrogens with one attached hydrogen (secondary N) is 1. The lowest BCUT2D eigenvalue weighted by atomic mass is 9.79. The number of hydrogen-bond acceptors (Lipinski definition) is 2. The molecule has 108 valence electrons. The molecule has 20 heavy (non-hydrogen) atoms. The third-order valence-corrected chi connectivity index (χ3v) is 3.21. The molecule has 0 bridgehead atoms. The number of carboxylic acid groups (broad SMARTS) is 1. The molecule has 6 heteroatoms. The summed E-state index contributed by atoms with van der Waals surface area (Å²) in [6.07, 6.45) is -0.531. The van der Waals surface area contributed by atoms with Crippen LogP contribution >= 0.6 is 0 Å². The Morgan fingerprint density at radius 2 is 2.05 bits per heavy atom. The van der Waals surface area contributed by atoms with Gasteiger partial charge in [0.1, 0.15) is 0 Å². The summed E-state index contributed by atoms with van der Waals surface area (Å²) in [5.41, 5.74) is 1.06. The van der Waals surface area contributed by atoms with Crippen LogP contribution < -0.4 is 5.32 Å². The number of amides is 1. The Balaban J connectivity index is 1.86. The van der Waals surface area contributed by atoms with Gasteiger partial charge in [-0.1, -0.05) is 12.1 Å². The third kappa shape index (κ3) is 4.01. The molecular formula is C14H15F2NO3. The van der Waals surface area contributed by atoms with E-state index >= 15 is 0 Å². The van der Waals surface area contributed by atoms with E-state index in [-0.39, 0.29) is 37.5 Å². The summed E-state index contributed by atoms with van der Waals surface area (Å²) >= 11 is 0. The van der Waals surface area contributed by atoms with E-state index in [0.29, 0.717) is 11.3 Å². The fraction of sp³-hybridized carbons (Fsp3) is 0.429. The number of alkyl halides is 2. The first kappa shape index (κ1) is 14.4. The van der Waals surface area contributed by atoms with Crippen LogP contribution in [0.15, 0.2) is 24.3 Å². The number of aliphatic carboxylic acids is 1. The summed E-state index contributed by atoms with van der Waals surface area (Å²) in [7, 11) is 0. The van der Waals surface area contributed by atoms with Crippen LogP contribution in [0.25, 0.3) is 0 Å². The number of anilines is 1. The summed E-state index contributed by atoms with van der Waals surface area (Å²) in [4.78, 5) is 22.3. The molecule has 0 heterocycles. The van der Waals surface area contributed by atoms with Gasteiger partial charge in [-0.05, 0) is 23.6 Å². The fourth-order valence-corrected chi connectivity index (χ4v) is 2.34. The lowest BCUT2D eigenvalue weighted by Gasteiger charge is -2.34. The van der Waals surface area contributed by atoms with Crippen molar-refractivity contribution in [1.29, 1.82) is 0 Å². The average Bonchev–Trinajstić information content (AvgIpc) is 2.25. The van der Waals surface area contributed by atoms with Gasteiger partial charge in [0.15, 0.2) is 0 Å². The van der Waals surface area contributed by atoms with Crippen LogP contribution in [0.2, 0.25) is 0 Å². The highest BCUT2D eigenvalue weighted by Crippen LogP contribution is 2.44. The number of carboxylic acids is 1. The zero-order chi connectivity index (χ0) is 14.8. The van der Waals surface area contributed by atoms with Crippen LogP contribution in [0.4, 0.5) is 14.5 Å². The summed E-state index contributed by atoms with van der Waals surface area (Å²) in [5, 5.41) is 11.3. The van der Waals surface area contributed by atoms with Crippen molar-refractivity contribution in [2.45, 2.75) is 31.6 Å². The maximum atomic E-state index is 12.7. The molecule has 1 aromatic carbocycles. The second-order valence-electron chi connectivity index (χ2n) is 5.15. The van der Waals surface area contributed by atoms with Gasteiger partial charge in [0.2, 0.25) is 11.8 Å². The molecule has 1 aliphatic carbocycles. The summed E-state index contributed by atoms with van der Waals surface area (Å²) < 4.78 is 25.3. The maximum Gasteiger partial charge on any atom is 0.307 e. The number of carbonyl (C=O) groups is 2. The van der Waals surface area contributed by atoms with Crippen molar-refractivity contribution < 1.29 is 23.5 Å². The second kappa shape index (κ2) is 5.56. The first-order valence-corrected chi connectivity index (χ1v) is 6.32. The Kier molecular flexibility index (Phi) is 4.01. The molecule has 1 aromatic rings. The minimum atomic E-state index is -2.62. The Bertz CT molecular complexity index is 523. The van der Waals surface area contributed by atoms with Crippen molar-refractivity contribution >= 4 is 17.6 Å². The Labute approximate surface area is 114 Å². The molecule has 0 aromatic heterocycles. The summed E-state index contributed by atoms with van der Waals surface area (Å²) in [6.45, 7) is 0. The standard InChI is InChI=1S/C14H15F2NO3/c15-14(16)7-10(8-14)5-12(18)17-11-3-1-2-9(4-11)6-13(19)20/h1-4,10H,5-8H2,(H,17,18)(H,19,20). The molecule has 0 atom stereocenters. The predicted molar refractivity (Wildman–Crippen MR) is 68.7 cm³/mol. The largest absolute Gasteiger partial charge is 0.481 e. The third-order valence-electron chi connectivity index (χ3n) is 3.21. The Morgan fingerprint density at radius 1 is 1.35 bits per heavy atom. The summed E-state index contributed by atoms with van der Waals surface area (Å²) in [5.74, 6) is -4.16. The quantitative estimate of drug-likeness (QED) is 0.873. The molecule has 0 unspecified atom stereocenters. The van der Waals surface area contributed by atoms with Crippen LogP contribution in [0.5, 0.6) is 0 Å². The van der Waals surface area contributed by atoms with Gasteiger partial charge in [-0.2, -0.15) is 0 Å². The second-order valence-corrected chi connectivity index (χ2v) is 5.15. The smallest absolute Gasteiger partial charge is 0.307 e. The average molecular weight is 283 g/mol. The molecule has 1 saturated carbocycles. The highest BCUT2D eigenvalue weighted by Gasteiger charge is 2.45. The van der Waals surface area contributed by atoms with Gasteiger partial charge < -0.3 is 10.4 Å². The van der Waals surface area contributed by atoms with E-state index in [1.54, 1.807) is 24.3 Å². The number of carbonyl (C=O) groups excluding carboxylic acids is 1. The molecule has 0 spiro atoms. The zero-order valence-corrected chi connectivity index (χ0v) is 10.7. The first-order chi connectivity index (χ1) is 9.34. The van der Waals surface area contributed by atoms with Crippen LogP contribution in [0.1, 0.15) is 24.8 Å². The zero-order valence-electron chi connectivity index (χ0n) is 10.7. The van der Waals surface area contributed by atoms with Crippen LogP contribution in [-0.4, -0.2) is 22.9 Å². The van der Waals surface area contributed by atoms with E-state index in [0.717, 1.165) is 0 Å². The molecule has 0 radical (unpaired) electrons. The van der Waals surface area contributed by atoms with Crippen molar-refractivity contribution in [3.8, 4) is 0 Å². The Morgan fingerprint density at radius 3 is 2.65 bits per heavy atom. The van der Waals surface area contributed by atoms with Gasteiger partial charge in [0.05, 0.1) is 6.42 Å². The molecule has 4 nitrogen and oxygen atoms in total. The van der Waals surface area contributed by atoms with Crippen molar-refractivity contribution in [2.75, 3.05) is 5.32 Å². The van der Waals surface area contributed by atoms with Crippen LogP contribution in [-0.2, 0) is 16.0 Å². The molecule has 0 saturated heterocycles. The number of benzene rings is 1. The van der Waals surface area contributed by atoms with Gasteiger partial charge in [-0.25, -0.2) is 8.78 Å². The fourth-order valence-electron chi connectivity index (χ4n) is 2.34. The van der Waals surface area contributed by atoms with Gasteiger partial charge in [0.25, 0.3) is 0 Å². The molecule has 0 aliphatic heterocycles. The molecule has 1 fully saturated rings. The van der Waals surface area contributed by atoms with E-state index in [2.05, 4.69) is 5.32 Å². The van der Waals surface area contributed by atoms with Crippen molar-refractivity contribution in [2.24, 2.45) is 5.92 Å². The van der Waals surface area contributed by atoms with Gasteiger partial charge >= 0.3 is 5.97 Å². The number of rotatable bonds is 5. The molecule has 2 N–H and O–H groups in total. The normalized spacial score (nSPS) is 17.3. The minimum absolute atomic E-state index is 0.0682. The Hall–Kier alpha value is -1.98. The van der Waals surface area contributed by atoms with Crippen molar-refractivity contribution in [1.82, 2.24) is 0 Å². The van der Waals surface area contributed by atoms with E-state index in [1.807, 2.05) is 0 Å². The maximum absolute atomic E-state index is 12.7. The molecule has 1 amide bonds. The minimum Gasteiger partial charge on any atom is -0.481 e. The molecule has 2 rings (SSSR count). The van der Waals surface area contributed by atoms with E-state index in [4.69, 9.17) is 5.11 Å². The molecule has 1 aliphatic rings. The van der Waals surface area contributed by atoms with Crippen molar-refractivity contribution in [3.05, 3.63) is 29.8 Å². The predicted octanol–water partition coefficient (Wildman–Crippen LogP) is 2.69. The highest BCUT2D eigenvalue weighted by molar-refractivity contribution is 5.91. The number of halogens is 2. The summed E-state index contributed by atoms with van der Waals surface area (Å²) in [6, 6.07) is 6.50. The first-order valence-electron chi connectivity index (χ1n) is 6.32. The lowest BCUT2D eigenvalue weighted by molar-refractivity contribution is -0.136. The number of hydrogen-bond donors (Lipinski definition) is 2. The van der Waals surface area contributed by atoms with E-state index in [9.17, 15) is 18.4 Å². The SMILES string of the molecule is O=C(O)Cc1cccc(NC(=O)CC2CC(F)(F)C2)c1. The lowest BCUT2D eigenvalue weighted by Crippen LogP contribution is -2.37. The van der Waals surface area contributed by atoms with Crippen LogP contribution in [0, 0.1) is 5.92 Å². The van der Waals surface area contributed by atoms with Crippen molar-refractivity contribution in [3.63, 3.8) is 0 Å². The van der Waals surface area contributed by atoms with E-state index < -0.39 is 11.9 Å². The van der Waals surface area contributed by atoms with Gasteiger partial charge in [0, 0.05) is 24.9 Å². The molecular weight excluding hydrogens is 268 g/mol. The monoisotopic (exact) mass is 283 g/mol. The van der Waals surface area contributed by atoms with Gasteiger partial charge in [-0.15, -0.1) is 0 Å².